The number of rotatable bonds is 70. The van der Waals surface area contributed by atoms with E-state index in [1.54, 1.807) is 0 Å². The lowest BCUT2D eigenvalue weighted by Gasteiger charge is -2.21. The molecular formula is C71H138O17P2. The second-order valence-corrected chi connectivity index (χ2v) is 29.0. The predicted molar refractivity (Wildman–Crippen MR) is 363 cm³/mol. The molecule has 0 aromatic rings. The molecule has 19 heteroatoms. The van der Waals surface area contributed by atoms with Crippen LogP contribution in [0, 0.1) is 11.8 Å². The second-order valence-electron chi connectivity index (χ2n) is 26.1. The maximum Gasteiger partial charge on any atom is 0.472 e. The van der Waals surface area contributed by atoms with Crippen LogP contribution in [-0.4, -0.2) is 96.7 Å². The minimum Gasteiger partial charge on any atom is -0.462 e. The Morgan fingerprint density at radius 3 is 0.789 bits per heavy atom. The predicted octanol–water partition coefficient (Wildman–Crippen LogP) is 20.4. The Kier molecular flexibility index (Phi) is 61.8. The molecule has 0 aliphatic carbocycles. The molecule has 7 atom stereocenters. The molecule has 0 amide bonds. The van der Waals surface area contributed by atoms with Gasteiger partial charge < -0.3 is 33.8 Å². The Morgan fingerprint density at radius 1 is 0.311 bits per heavy atom. The highest BCUT2D eigenvalue weighted by molar-refractivity contribution is 7.47. The SMILES string of the molecule is CCCCCCCCCCCC(=O)O[C@H](COC(=O)CCCCCCCCC)COP(=O)(O)OC[C@H](O)COP(=O)(O)OC[C@@H](COC(=O)CCCCCCCCCCC(C)CC)OC(=O)CCCCCCCCCCCCCCCCCCCCC(C)CC. The lowest BCUT2D eigenvalue weighted by Crippen LogP contribution is -2.30. The molecule has 0 fully saturated rings. The summed E-state index contributed by atoms with van der Waals surface area (Å²) in [4.78, 5) is 72.3. The van der Waals surface area contributed by atoms with E-state index in [0.29, 0.717) is 25.7 Å². The zero-order valence-electron chi connectivity index (χ0n) is 58.4. The molecule has 0 aromatic carbocycles. The number of esters is 4. The van der Waals surface area contributed by atoms with E-state index in [1.807, 2.05) is 0 Å². The zero-order valence-corrected chi connectivity index (χ0v) is 60.2. The molecule has 0 aliphatic heterocycles. The van der Waals surface area contributed by atoms with Crippen LogP contribution in [0.2, 0.25) is 0 Å². The van der Waals surface area contributed by atoms with Crippen LogP contribution in [0.15, 0.2) is 0 Å². The molecule has 0 saturated carbocycles. The first-order valence-corrected chi connectivity index (χ1v) is 40.1. The summed E-state index contributed by atoms with van der Waals surface area (Å²) in [5.41, 5.74) is 0. The second kappa shape index (κ2) is 63.1. The third kappa shape index (κ3) is 62.2. The molecule has 0 rings (SSSR count). The minimum absolute atomic E-state index is 0.105. The molecule has 534 valence electrons. The largest absolute Gasteiger partial charge is 0.472 e. The first-order valence-electron chi connectivity index (χ1n) is 37.1. The Balaban J connectivity index is 5.12. The van der Waals surface area contributed by atoms with Gasteiger partial charge >= 0.3 is 39.5 Å². The van der Waals surface area contributed by atoms with Crippen molar-refractivity contribution in [1.82, 2.24) is 0 Å². The first-order chi connectivity index (χ1) is 43.4. The topological polar surface area (TPSA) is 237 Å². The van der Waals surface area contributed by atoms with Crippen molar-refractivity contribution in [2.24, 2.45) is 11.8 Å². The molecule has 90 heavy (non-hydrogen) atoms. The number of unbranched alkanes of at least 4 members (excludes halogenated alkanes) is 38. The van der Waals surface area contributed by atoms with Crippen LogP contribution in [-0.2, 0) is 65.4 Å². The lowest BCUT2D eigenvalue weighted by molar-refractivity contribution is -0.161. The summed E-state index contributed by atoms with van der Waals surface area (Å²) < 4.78 is 68.1. The summed E-state index contributed by atoms with van der Waals surface area (Å²) in [5.74, 6) is -0.482. The van der Waals surface area contributed by atoms with Gasteiger partial charge in [-0.25, -0.2) is 9.13 Å². The standard InChI is InChI=1S/C71H138O17P2/c1-7-11-13-15-17-28-37-43-49-55-70(75)87-66(59-81-68(73)53-47-41-33-16-14-12-8-2)61-85-89(77,78)83-57-65(72)58-84-90(79,80)86-62-67(60-82-69(74)54-48-42-36-32-31-35-40-46-52-64(6)10-4)88-71(76)56-50-44-38-30-27-25-23-21-19-18-20-22-24-26-29-34-39-45-51-63(5)9-3/h63-67,72H,7-62H2,1-6H3,(H,77,78)(H,79,80)/t63?,64?,65-,66+,67+/m0/s1. The number of ether oxygens (including phenoxy) is 4. The molecule has 0 saturated heterocycles. The van der Waals surface area contributed by atoms with Gasteiger partial charge in [-0.2, -0.15) is 0 Å². The smallest absolute Gasteiger partial charge is 0.462 e. The molecule has 0 bridgehead atoms. The van der Waals surface area contributed by atoms with Gasteiger partial charge in [-0.1, -0.05) is 311 Å². The molecule has 0 aromatic heterocycles. The number of hydrogen-bond donors (Lipinski definition) is 3. The average Bonchev–Trinajstić information content (AvgIpc) is 3.30. The highest BCUT2D eigenvalue weighted by Gasteiger charge is 2.30. The highest BCUT2D eigenvalue weighted by Crippen LogP contribution is 2.45. The van der Waals surface area contributed by atoms with Crippen molar-refractivity contribution in [3.8, 4) is 0 Å². The number of carbonyl (C=O) groups is 4. The fourth-order valence-corrected chi connectivity index (χ4v) is 12.3. The van der Waals surface area contributed by atoms with E-state index >= 15 is 0 Å². The van der Waals surface area contributed by atoms with E-state index in [9.17, 15) is 43.2 Å². The lowest BCUT2D eigenvalue weighted by atomic mass is 9.99. The van der Waals surface area contributed by atoms with E-state index in [1.165, 1.54) is 167 Å². The Labute approximate surface area is 549 Å². The van der Waals surface area contributed by atoms with Crippen molar-refractivity contribution in [3.05, 3.63) is 0 Å². The van der Waals surface area contributed by atoms with Crippen molar-refractivity contribution >= 4 is 39.5 Å². The van der Waals surface area contributed by atoms with E-state index in [0.717, 1.165) is 115 Å². The third-order valence-corrected chi connectivity index (χ3v) is 19.1. The summed E-state index contributed by atoms with van der Waals surface area (Å²) in [7, 11) is -9.89. The van der Waals surface area contributed by atoms with Crippen molar-refractivity contribution in [2.75, 3.05) is 39.6 Å². The van der Waals surface area contributed by atoms with Gasteiger partial charge in [-0.05, 0) is 37.5 Å². The molecule has 17 nitrogen and oxygen atoms in total. The number of phosphoric acid groups is 2. The van der Waals surface area contributed by atoms with Gasteiger partial charge in [-0.3, -0.25) is 37.3 Å². The van der Waals surface area contributed by atoms with Crippen LogP contribution in [0.1, 0.15) is 363 Å². The molecule has 0 heterocycles. The van der Waals surface area contributed by atoms with Crippen molar-refractivity contribution in [2.45, 2.75) is 381 Å². The van der Waals surface area contributed by atoms with Crippen molar-refractivity contribution < 1.29 is 80.2 Å². The van der Waals surface area contributed by atoms with Crippen molar-refractivity contribution in [3.63, 3.8) is 0 Å². The normalized spacial score (nSPS) is 14.7. The van der Waals surface area contributed by atoms with Crippen LogP contribution in [0.5, 0.6) is 0 Å². The fraction of sp³-hybridized carbons (Fsp3) is 0.944. The van der Waals surface area contributed by atoms with Crippen LogP contribution in [0.4, 0.5) is 0 Å². The Hall–Kier alpha value is -1.94. The quantitative estimate of drug-likeness (QED) is 0.0222. The number of hydrogen-bond acceptors (Lipinski definition) is 15. The maximum atomic E-state index is 13.0. The molecule has 3 N–H and O–H groups in total. The molecular weight excluding hydrogens is 1190 g/mol. The van der Waals surface area contributed by atoms with Crippen LogP contribution >= 0.6 is 15.6 Å². The number of phosphoric ester groups is 2. The van der Waals surface area contributed by atoms with Crippen LogP contribution in [0.25, 0.3) is 0 Å². The van der Waals surface area contributed by atoms with E-state index in [2.05, 4.69) is 41.5 Å². The summed E-state index contributed by atoms with van der Waals surface area (Å²) in [6.07, 6.45) is 48.8. The van der Waals surface area contributed by atoms with Gasteiger partial charge in [-0.15, -0.1) is 0 Å². The van der Waals surface area contributed by atoms with Crippen molar-refractivity contribution in [1.29, 1.82) is 0 Å². The van der Waals surface area contributed by atoms with Gasteiger partial charge in [0.05, 0.1) is 26.4 Å². The first kappa shape index (κ1) is 88.1. The zero-order chi connectivity index (χ0) is 66.5. The Morgan fingerprint density at radius 2 is 0.533 bits per heavy atom. The van der Waals surface area contributed by atoms with E-state index in [4.69, 9.17) is 37.0 Å². The van der Waals surface area contributed by atoms with Gasteiger partial charge in [0.25, 0.3) is 0 Å². The van der Waals surface area contributed by atoms with Gasteiger partial charge in [0.15, 0.2) is 12.2 Å². The molecule has 0 aliphatic rings. The summed E-state index contributed by atoms with van der Waals surface area (Å²) >= 11 is 0. The third-order valence-electron chi connectivity index (χ3n) is 17.2. The Bertz CT molecular complexity index is 1760. The van der Waals surface area contributed by atoms with Gasteiger partial charge in [0, 0.05) is 25.7 Å². The average molecular weight is 1330 g/mol. The maximum absolute atomic E-state index is 13.0. The van der Waals surface area contributed by atoms with Gasteiger partial charge in [0.1, 0.15) is 19.3 Å². The summed E-state index contributed by atoms with van der Waals surface area (Å²) in [6.45, 7) is 9.56. The number of carbonyl (C=O) groups excluding carboxylic acids is 4. The van der Waals surface area contributed by atoms with E-state index in [-0.39, 0.29) is 25.7 Å². The summed E-state index contributed by atoms with van der Waals surface area (Å²) in [5, 5.41) is 10.6. The number of aliphatic hydroxyl groups is 1. The number of aliphatic hydroxyl groups excluding tert-OH is 1. The monoisotopic (exact) mass is 1320 g/mol. The molecule has 4 unspecified atom stereocenters. The van der Waals surface area contributed by atoms with Crippen LogP contribution < -0.4 is 0 Å². The molecule has 0 radical (unpaired) electrons. The van der Waals surface area contributed by atoms with Gasteiger partial charge in [0.2, 0.25) is 0 Å². The fourth-order valence-electron chi connectivity index (χ4n) is 10.7. The summed E-state index contributed by atoms with van der Waals surface area (Å²) in [6, 6.07) is 0. The molecule has 0 spiro atoms. The van der Waals surface area contributed by atoms with Crippen LogP contribution in [0.3, 0.4) is 0 Å². The minimum atomic E-state index is -4.95. The highest BCUT2D eigenvalue weighted by atomic mass is 31.2. The van der Waals surface area contributed by atoms with E-state index < -0.39 is 97.5 Å².